The Morgan fingerprint density at radius 2 is 2.17 bits per heavy atom. The molecule has 0 saturated carbocycles. The van der Waals surface area contributed by atoms with E-state index in [4.69, 9.17) is 4.74 Å². The molecular formula is C12H11FN2O3. The number of nitrogens with zero attached hydrogens (tertiary/aromatic N) is 2. The first-order valence-corrected chi connectivity index (χ1v) is 5.20. The Kier molecular flexibility index (Phi) is 3.36. The number of aromatic nitrogens is 2. The van der Waals surface area contributed by atoms with Crippen molar-refractivity contribution in [3.8, 4) is 5.88 Å². The number of carbonyl (C=O) groups excluding carboxylic acids is 1. The van der Waals surface area contributed by atoms with Crippen LogP contribution < -0.4 is 4.74 Å². The van der Waals surface area contributed by atoms with E-state index in [0.29, 0.717) is 16.9 Å². The molecule has 2 heterocycles. The minimum atomic E-state index is -0.589. The fourth-order valence-electron chi connectivity index (χ4n) is 1.58. The Labute approximate surface area is 103 Å². The zero-order chi connectivity index (χ0) is 13.1. The third kappa shape index (κ3) is 2.22. The predicted molar refractivity (Wildman–Crippen MR) is 61.8 cm³/mol. The van der Waals surface area contributed by atoms with Gasteiger partial charge in [-0.1, -0.05) is 0 Å². The van der Waals surface area contributed by atoms with Crippen LogP contribution in [0.25, 0.3) is 11.0 Å². The zero-order valence-corrected chi connectivity index (χ0v) is 9.94. The first-order chi connectivity index (χ1) is 8.65. The van der Waals surface area contributed by atoms with Crippen LogP contribution in [0.1, 0.15) is 5.56 Å². The molecule has 0 radical (unpaired) electrons. The molecule has 0 fully saturated rings. The van der Waals surface area contributed by atoms with Crippen molar-refractivity contribution in [3.05, 3.63) is 29.7 Å². The summed E-state index contributed by atoms with van der Waals surface area (Å²) in [6, 6.07) is 3.27. The molecule has 0 atom stereocenters. The van der Waals surface area contributed by atoms with Crippen LogP contribution in [0.15, 0.2) is 18.3 Å². The van der Waals surface area contributed by atoms with Crippen molar-refractivity contribution in [1.29, 1.82) is 0 Å². The quantitative estimate of drug-likeness (QED) is 0.772. The Balaban J connectivity index is 2.60. The van der Waals surface area contributed by atoms with Crippen LogP contribution in [0.3, 0.4) is 0 Å². The number of methoxy groups -OCH3 is 2. The van der Waals surface area contributed by atoms with E-state index in [9.17, 15) is 9.18 Å². The number of hydrogen-bond donors (Lipinski definition) is 0. The number of pyridine rings is 2. The molecule has 2 aromatic rings. The smallest absolute Gasteiger partial charge is 0.310 e. The van der Waals surface area contributed by atoms with Crippen molar-refractivity contribution in [1.82, 2.24) is 9.97 Å². The highest BCUT2D eigenvalue weighted by molar-refractivity contribution is 5.83. The van der Waals surface area contributed by atoms with E-state index in [1.807, 2.05) is 0 Å². The lowest BCUT2D eigenvalue weighted by atomic mass is 10.1. The first kappa shape index (κ1) is 12.2. The van der Waals surface area contributed by atoms with Crippen molar-refractivity contribution < 1.29 is 18.7 Å². The number of esters is 1. The normalized spacial score (nSPS) is 10.4. The average Bonchev–Trinajstić information content (AvgIpc) is 2.41. The summed E-state index contributed by atoms with van der Waals surface area (Å²) < 4.78 is 23.2. The maximum absolute atomic E-state index is 13.7. The van der Waals surface area contributed by atoms with Crippen molar-refractivity contribution in [2.24, 2.45) is 0 Å². The number of halogens is 1. The monoisotopic (exact) mass is 250 g/mol. The molecule has 0 aliphatic rings. The van der Waals surface area contributed by atoms with Crippen LogP contribution in [0.5, 0.6) is 5.88 Å². The van der Waals surface area contributed by atoms with Gasteiger partial charge in [0.05, 0.1) is 37.9 Å². The molecule has 0 aliphatic carbocycles. The molecule has 0 saturated heterocycles. The third-order valence-electron chi connectivity index (χ3n) is 2.50. The highest BCUT2D eigenvalue weighted by Gasteiger charge is 2.15. The number of carbonyl (C=O) groups is 1. The van der Waals surface area contributed by atoms with Gasteiger partial charge in [0.1, 0.15) is 5.82 Å². The minimum Gasteiger partial charge on any atom is -0.481 e. The second-order valence-corrected chi connectivity index (χ2v) is 3.56. The van der Waals surface area contributed by atoms with E-state index in [1.54, 1.807) is 12.1 Å². The third-order valence-corrected chi connectivity index (χ3v) is 2.50. The van der Waals surface area contributed by atoms with E-state index >= 15 is 0 Å². The molecule has 0 amide bonds. The number of rotatable bonds is 3. The Morgan fingerprint density at radius 1 is 1.39 bits per heavy atom. The molecule has 0 N–H and O–H groups in total. The van der Waals surface area contributed by atoms with Crippen molar-refractivity contribution in [3.63, 3.8) is 0 Å². The average molecular weight is 250 g/mol. The molecule has 0 aliphatic heterocycles. The lowest BCUT2D eigenvalue weighted by Gasteiger charge is -2.07. The highest BCUT2D eigenvalue weighted by Crippen LogP contribution is 2.21. The molecular weight excluding hydrogens is 239 g/mol. The van der Waals surface area contributed by atoms with Crippen LogP contribution in [0.2, 0.25) is 0 Å². The Hall–Kier alpha value is -2.24. The number of ether oxygens (including phenoxy) is 2. The van der Waals surface area contributed by atoms with Crippen LogP contribution in [0.4, 0.5) is 4.39 Å². The van der Waals surface area contributed by atoms with Gasteiger partial charge in [-0.25, -0.2) is 9.37 Å². The molecule has 0 unspecified atom stereocenters. The topological polar surface area (TPSA) is 61.3 Å². The van der Waals surface area contributed by atoms with Crippen LogP contribution in [0, 0.1) is 5.82 Å². The van der Waals surface area contributed by atoms with Gasteiger partial charge in [-0.2, -0.15) is 0 Å². The lowest BCUT2D eigenvalue weighted by molar-refractivity contribution is -0.139. The lowest BCUT2D eigenvalue weighted by Crippen LogP contribution is -2.08. The van der Waals surface area contributed by atoms with Gasteiger partial charge in [0.25, 0.3) is 0 Å². The summed E-state index contributed by atoms with van der Waals surface area (Å²) in [6.07, 6.45) is 0.871. The standard InChI is InChI=1S/C12H11FN2O3/c1-17-10-4-3-9-12(15-10)7(5-11(16)18-2)8(13)6-14-9/h3-4,6H,5H2,1-2H3. The summed E-state index contributed by atoms with van der Waals surface area (Å²) >= 11 is 0. The predicted octanol–water partition coefficient (Wildman–Crippen LogP) is 1.49. The maximum Gasteiger partial charge on any atom is 0.310 e. The van der Waals surface area contributed by atoms with E-state index in [2.05, 4.69) is 14.7 Å². The van der Waals surface area contributed by atoms with Gasteiger partial charge >= 0.3 is 5.97 Å². The number of fused-ring (bicyclic) bond motifs is 1. The Bertz CT molecular complexity index is 601. The van der Waals surface area contributed by atoms with Gasteiger partial charge in [0.15, 0.2) is 0 Å². The number of hydrogen-bond acceptors (Lipinski definition) is 5. The van der Waals surface area contributed by atoms with E-state index in [1.165, 1.54) is 14.2 Å². The second kappa shape index (κ2) is 4.95. The molecule has 0 spiro atoms. The fourth-order valence-corrected chi connectivity index (χ4v) is 1.58. The summed E-state index contributed by atoms with van der Waals surface area (Å²) in [5.41, 5.74) is 0.960. The summed E-state index contributed by atoms with van der Waals surface area (Å²) in [5, 5.41) is 0. The molecule has 6 heteroatoms. The fraction of sp³-hybridized carbons (Fsp3) is 0.250. The highest BCUT2D eigenvalue weighted by atomic mass is 19.1. The molecule has 2 aromatic heterocycles. The molecule has 94 valence electrons. The second-order valence-electron chi connectivity index (χ2n) is 3.56. The summed E-state index contributed by atoms with van der Waals surface area (Å²) in [4.78, 5) is 19.3. The molecule has 0 bridgehead atoms. The van der Waals surface area contributed by atoms with Crippen molar-refractivity contribution in [2.45, 2.75) is 6.42 Å². The van der Waals surface area contributed by atoms with Crippen LogP contribution in [-0.2, 0) is 16.0 Å². The summed E-state index contributed by atoms with van der Waals surface area (Å²) in [5.74, 6) is -0.791. The van der Waals surface area contributed by atoms with Gasteiger partial charge in [0, 0.05) is 11.6 Å². The molecule has 5 nitrogen and oxygen atoms in total. The van der Waals surface area contributed by atoms with Crippen molar-refractivity contribution in [2.75, 3.05) is 14.2 Å². The first-order valence-electron chi connectivity index (χ1n) is 5.20. The van der Waals surface area contributed by atoms with Crippen LogP contribution >= 0.6 is 0 Å². The van der Waals surface area contributed by atoms with E-state index in [-0.39, 0.29) is 12.0 Å². The maximum atomic E-state index is 13.7. The minimum absolute atomic E-state index is 0.158. The van der Waals surface area contributed by atoms with Gasteiger partial charge in [-0.05, 0) is 6.07 Å². The van der Waals surface area contributed by atoms with Gasteiger partial charge < -0.3 is 9.47 Å². The molecule has 0 aromatic carbocycles. The largest absolute Gasteiger partial charge is 0.481 e. The van der Waals surface area contributed by atoms with E-state index in [0.717, 1.165) is 6.20 Å². The van der Waals surface area contributed by atoms with Gasteiger partial charge in [-0.3, -0.25) is 9.78 Å². The SMILES string of the molecule is COC(=O)Cc1c(F)cnc2ccc(OC)nc12. The molecule has 2 rings (SSSR count). The molecule has 18 heavy (non-hydrogen) atoms. The van der Waals surface area contributed by atoms with E-state index < -0.39 is 11.8 Å². The van der Waals surface area contributed by atoms with Gasteiger partial charge in [-0.15, -0.1) is 0 Å². The summed E-state index contributed by atoms with van der Waals surface area (Å²) in [6.45, 7) is 0. The van der Waals surface area contributed by atoms with Crippen LogP contribution in [-0.4, -0.2) is 30.2 Å². The van der Waals surface area contributed by atoms with Crippen molar-refractivity contribution >= 4 is 17.0 Å². The zero-order valence-electron chi connectivity index (χ0n) is 9.94. The Morgan fingerprint density at radius 3 is 2.83 bits per heavy atom. The summed E-state index contributed by atoms with van der Waals surface area (Å²) in [7, 11) is 2.71. The van der Waals surface area contributed by atoms with Gasteiger partial charge in [0.2, 0.25) is 5.88 Å².